The first-order valence-corrected chi connectivity index (χ1v) is 33.3. The van der Waals surface area contributed by atoms with E-state index in [9.17, 15) is 25.9 Å². The van der Waals surface area contributed by atoms with E-state index in [4.69, 9.17) is 0 Å². The van der Waals surface area contributed by atoms with Crippen LogP contribution in [0.1, 0.15) is 271 Å². The predicted molar refractivity (Wildman–Crippen MR) is 317 cm³/mol. The summed E-state index contributed by atoms with van der Waals surface area (Å²) >= 11 is 0. The second-order valence-electron chi connectivity index (χ2n) is 23.7. The number of hydrogen-bond acceptors (Lipinski definition) is 5. The molecule has 0 aromatic heterocycles. The third kappa shape index (κ3) is 19.8. The zero-order valence-corrected chi connectivity index (χ0v) is 49.7. The molecule has 0 bridgehead atoms. The topological polar surface area (TPSA) is 115 Å². The van der Waals surface area contributed by atoms with Gasteiger partial charge in [0.1, 0.15) is 6.54 Å². The van der Waals surface area contributed by atoms with Gasteiger partial charge >= 0.3 is 0 Å². The van der Waals surface area contributed by atoms with Crippen molar-refractivity contribution in [2.24, 2.45) is 0 Å². The van der Waals surface area contributed by atoms with Crippen molar-refractivity contribution >= 4 is 37.3 Å². The number of anilines is 1. The summed E-state index contributed by atoms with van der Waals surface area (Å²) in [7, 11) is -8.70. The molecular weight excluding hydrogens is 969 g/mol. The largest absolute Gasteiger partial charge is 0.344 e. The van der Waals surface area contributed by atoms with Gasteiger partial charge in [0.05, 0.1) is 15.2 Å². The number of benzene rings is 2. The van der Waals surface area contributed by atoms with Gasteiger partial charge in [-0.1, -0.05) is 232 Å². The summed E-state index contributed by atoms with van der Waals surface area (Å²) in [5, 5.41) is 0. The summed E-state index contributed by atoms with van der Waals surface area (Å²) in [6.45, 7) is 14.9. The average molecular weight is 1070 g/mol. The number of unbranched alkanes of at least 4 members (excludes halogenated alkanes) is 30. The molecule has 2 N–H and O–H groups in total. The molecule has 8 nitrogen and oxygen atoms in total. The van der Waals surface area contributed by atoms with Crippen molar-refractivity contribution in [2.45, 2.75) is 280 Å². The third-order valence-electron chi connectivity index (χ3n) is 16.8. The Morgan fingerprint density at radius 3 is 1.40 bits per heavy atom. The molecule has 10 heteroatoms. The lowest BCUT2D eigenvalue weighted by Crippen LogP contribution is -2.28. The van der Waals surface area contributed by atoms with E-state index in [2.05, 4.69) is 81.4 Å². The Bertz CT molecular complexity index is 2460. The second-order valence-corrected chi connectivity index (χ2v) is 26.5. The summed E-state index contributed by atoms with van der Waals surface area (Å²) in [4.78, 5) is 2.24. The van der Waals surface area contributed by atoms with Gasteiger partial charge in [-0.2, -0.15) is 21.4 Å². The van der Waals surface area contributed by atoms with Gasteiger partial charge in [-0.25, -0.2) is 0 Å². The van der Waals surface area contributed by atoms with Crippen LogP contribution in [0.4, 0.5) is 11.4 Å². The highest BCUT2D eigenvalue weighted by atomic mass is 32.2. The Labute approximate surface area is 458 Å². The van der Waals surface area contributed by atoms with Crippen molar-refractivity contribution in [3.8, 4) is 0 Å². The minimum atomic E-state index is -4.35. The molecule has 0 unspecified atom stereocenters. The molecule has 0 amide bonds. The van der Waals surface area contributed by atoms with Crippen molar-refractivity contribution in [1.82, 2.24) is 0 Å². The molecular formula is C65H103N2O6S2+. The minimum absolute atomic E-state index is 0.0692. The molecule has 2 aliphatic heterocycles. The lowest BCUT2D eigenvalue weighted by Gasteiger charge is -2.27. The van der Waals surface area contributed by atoms with E-state index in [0.29, 0.717) is 0 Å². The molecule has 5 rings (SSSR count). The van der Waals surface area contributed by atoms with Crippen molar-refractivity contribution in [3.63, 3.8) is 0 Å². The standard InChI is InChI=1S/C65H102N2O6S2/c1-7-9-11-13-15-17-19-21-23-25-27-29-31-33-35-37-49-66-60-45-43-56(74(68,69)70)52-58(60)64(3,4)62(66)47-41-54-39-40-55(51-54)42-48-63-65(5,6)59-53-57(75(71,72)73)44-46-61(59)67(63)50-38-36-34-32-30-28-26-24-22-20-18-16-14-12-10-8-2/h41-48,51-53H,7-40,49-50H2,1-6H3,(H-,68,69,70,71,72,73)/p+1. The normalized spacial score (nSPS) is 17.3. The minimum Gasteiger partial charge on any atom is -0.344 e. The quantitative estimate of drug-likeness (QED) is 0.0389. The van der Waals surface area contributed by atoms with Gasteiger partial charge < -0.3 is 4.90 Å². The zero-order chi connectivity index (χ0) is 54.2. The predicted octanol–water partition coefficient (Wildman–Crippen LogP) is 19.0. The molecule has 1 aliphatic carbocycles. The Morgan fingerprint density at radius 1 is 0.507 bits per heavy atom. The maximum Gasteiger partial charge on any atom is 0.294 e. The first-order chi connectivity index (χ1) is 36.0. The fraction of sp³-hybridized carbons (Fsp3) is 0.677. The van der Waals surface area contributed by atoms with Crippen molar-refractivity contribution in [2.75, 3.05) is 18.0 Å². The van der Waals surface area contributed by atoms with E-state index < -0.39 is 31.1 Å². The van der Waals surface area contributed by atoms with Gasteiger partial charge in [0.25, 0.3) is 20.2 Å². The van der Waals surface area contributed by atoms with Crippen LogP contribution in [-0.4, -0.2) is 49.3 Å². The molecule has 2 aromatic carbocycles. The molecule has 2 heterocycles. The highest BCUT2D eigenvalue weighted by Gasteiger charge is 2.45. The number of nitrogens with zero attached hydrogens (tertiary/aromatic N) is 2. The molecule has 420 valence electrons. The second kappa shape index (κ2) is 31.9. The van der Waals surface area contributed by atoms with Crippen LogP contribution in [0, 0.1) is 0 Å². The van der Waals surface area contributed by atoms with Crippen LogP contribution < -0.4 is 4.90 Å². The van der Waals surface area contributed by atoms with Crippen LogP contribution in [0.2, 0.25) is 0 Å². The van der Waals surface area contributed by atoms with Gasteiger partial charge in [-0.05, 0) is 92.6 Å². The summed E-state index contributed by atoms with van der Waals surface area (Å²) < 4.78 is 71.6. The smallest absolute Gasteiger partial charge is 0.294 e. The van der Waals surface area contributed by atoms with E-state index in [1.807, 2.05) is 12.1 Å². The van der Waals surface area contributed by atoms with Gasteiger partial charge in [0, 0.05) is 47.5 Å². The number of rotatable bonds is 39. The van der Waals surface area contributed by atoms with Gasteiger partial charge in [-0.3, -0.25) is 9.11 Å². The molecule has 0 saturated carbocycles. The molecule has 0 spiro atoms. The summed E-state index contributed by atoms with van der Waals surface area (Å²) in [5.74, 6) is 0. The van der Waals surface area contributed by atoms with Crippen molar-refractivity contribution < 1.29 is 30.5 Å². The van der Waals surface area contributed by atoms with Gasteiger partial charge in [0.2, 0.25) is 5.69 Å². The van der Waals surface area contributed by atoms with Crippen LogP contribution >= 0.6 is 0 Å². The monoisotopic (exact) mass is 1070 g/mol. The highest BCUT2D eigenvalue weighted by Crippen LogP contribution is 2.49. The first-order valence-electron chi connectivity index (χ1n) is 30.5. The lowest BCUT2D eigenvalue weighted by atomic mass is 9.81. The SMILES string of the molecule is CCCCCCCCCCCCCCCCCCN1/C(=C/C=C2C=C(/C=C/C3=[N+](CCCCCCCCCCCCCCCCCC)c4ccc(S(=O)(=O)O)cc4C3(C)C)CC/2)C(C)(C)c2cc(S(=O)(=O)O)ccc21. The molecule has 0 saturated heterocycles. The molecule has 3 aliphatic rings. The summed E-state index contributed by atoms with van der Waals surface area (Å²) in [6.07, 6.45) is 55.3. The Morgan fingerprint density at radius 2 is 0.933 bits per heavy atom. The van der Waals surface area contributed by atoms with Crippen LogP contribution in [-0.2, 0) is 31.1 Å². The Kier molecular flexibility index (Phi) is 26.6. The number of hydrogen-bond donors (Lipinski definition) is 2. The summed E-state index contributed by atoms with van der Waals surface area (Å²) in [5.41, 5.74) is 7.62. The van der Waals surface area contributed by atoms with E-state index in [0.717, 1.165) is 85.5 Å². The van der Waals surface area contributed by atoms with Gasteiger partial charge in [-0.15, -0.1) is 0 Å². The average Bonchev–Trinajstić information content (AvgIpc) is 3.98. The molecule has 0 fully saturated rings. The summed E-state index contributed by atoms with van der Waals surface area (Å²) in [6, 6.07) is 10.1. The van der Waals surface area contributed by atoms with E-state index >= 15 is 0 Å². The van der Waals surface area contributed by atoms with Crippen LogP contribution in [0.5, 0.6) is 0 Å². The maximum atomic E-state index is 12.3. The van der Waals surface area contributed by atoms with Crippen LogP contribution in [0.15, 0.2) is 93.4 Å². The maximum absolute atomic E-state index is 12.3. The fourth-order valence-electron chi connectivity index (χ4n) is 12.1. The third-order valence-corrected chi connectivity index (χ3v) is 18.5. The highest BCUT2D eigenvalue weighted by molar-refractivity contribution is 7.86. The van der Waals surface area contributed by atoms with E-state index in [1.54, 1.807) is 12.1 Å². The number of fused-ring (bicyclic) bond motifs is 2. The Balaban J connectivity index is 1.19. The van der Waals surface area contributed by atoms with Crippen LogP contribution in [0.3, 0.4) is 0 Å². The number of allylic oxidation sites excluding steroid dienone is 8. The molecule has 75 heavy (non-hydrogen) atoms. The van der Waals surface area contributed by atoms with Crippen molar-refractivity contribution in [1.29, 1.82) is 0 Å². The van der Waals surface area contributed by atoms with Gasteiger partial charge in [0.15, 0.2) is 5.71 Å². The first kappa shape index (κ1) is 62.5. The lowest BCUT2D eigenvalue weighted by molar-refractivity contribution is -0.438. The zero-order valence-electron chi connectivity index (χ0n) is 48.0. The van der Waals surface area contributed by atoms with E-state index in [1.165, 1.54) is 203 Å². The molecule has 2 aromatic rings. The molecule has 0 atom stereocenters. The Hall–Kier alpha value is -3.31. The molecule has 0 radical (unpaired) electrons. The van der Waals surface area contributed by atoms with E-state index in [-0.39, 0.29) is 9.79 Å². The fourth-order valence-corrected chi connectivity index (χ4v) is 13.1. The van der Waals surface area contributed by atoms with Crippen molar-refractivity contribution in [3.05, 3.63) is 94.7 Å². The van der Waals surface area contributed by atoms with Crippen LogP contribution in [0.25, 0.3) is 0 Å².